The molecular formula is C27H21ClN4O3. The number of fused-ring (bicyclic) bond motifs is 2. The molecule has 1 spiro atoms. The molecule has 6 rings (SSSR count). The van der Waals surface area contributed by atoms with Crippen molar-refractivity contribution in [1.82, 2.24) is 20.0 Å². The van der Waals surface area contributed by atoms with E-state index in [4.69, 9.17) is 21.4 Å². The highest BCUT2D eigenvalue weighted by atomic mass is 35.5. The minimum absolute atomic E-state index is 0.0836. The van der Waals surface area contributed by atoms with Crippen LogP contribution in [0.5, 0.6) is 5.75 Å². The van der Waals surface area contributed by atoms with Crippen LogP contribution in [-0.4, -0.2) is 33.2 Å². The van der Waals surface area contributed by atoms with E-state index in [0.29, 0.717) is 35.1 Å². The number of amides is 3. The third-order valence-electron chi connectivity index (χ3n) is 6.51. The second-order valence-electron chi connectivity index (χ2n) is 8.61. The number of para-hydroxylation sites is 2. The molecule has 1 atom stereocenters. The topological polar surface area (TPSA) is 76.5 Å². The van der Waals surface area contributed by atoms with Gasteiger partial charge in [-0.3, -0.25) is 9.69 Å². The van der Waals surface area contributed by atoms with Gasteiger partial charge in [-0.25, -0.2) is 9.48 Å². The molecule has 0 saturated carbocycles. The first kappa shape index (κ1) is 21.4. The Hall–Kier alpha value is -4.10. The van der Waals surface area contributed by atoms with E-state index in [-0.39, 0.29) is 12.5 Å². The fourth-order valence-electron chi connectivity index (χ4n) is 4.78. The van der Waals surface area contributed by atoms with E-state index in [9.17, 15) is 9.59 Å². The summed E-state index contributed by atoms with van der Waals surface area (Å²) in [6, 6.07) is 24.0. The highest BCUT2D eigenvalue weighted by molar-refractivity contribution is 6.30. The van der Waals surface area contributed by atoms with E-state index < -0.39 is 11.6 Å². The number of halogens is 1. The number of urea groups is 1. The van der Waals surface area contributed by atoms with Crippen LogP contribution in [0.2, 0.25) is 5.02 Å². The monoisotopic (exact) mass is 484 g/mol. The lowest BCUT2D eigenvalue weighted by molar-refractivity contribution is -0.133. The maximum atomic E-state index is 13.8. The van der Waals surface area contributed by atoms with Crippen LogP contribution in [0.25, 0.3) is 16.9 Å². The number of imide groups is 1. The van der Waals surface area contributed by atoms with Gasteiger partial charge >= 0.3 is 6.03 Å². The lowest BCUT2D eigenvalue weighted by atomic mass is 9.84. The number of rotatable bonds is 4. The second kappa shape index (κ2) is 8.29. The van der Waals surface area contributed by atoms with Gasteiger partial charge in [-0.15, -0.1) is 0 Å². The van der Waals surface area contributed by atoms with Crippen molar-refractivity contribution in [3.8, 4) is 22.7 Å². The highest BCUT2D eigenvalue weighted by Gasteiger charge is 2.54. The van der Waals surface area contributed by atoms with Crippen LogP contribution in [0.3, 0.4) is 0 Å². The van der Waals surface area contributed by atoms with Crippen molar-refractivity contribution >= 4 is 23.5 Å². The van der Waals surface area contributed by atoms with Crippen LogP contribution >= 0.6 is 11.6 Å². The standard InChI is InChI=1S/C27H21ClN4O3/c28-20-12-10-18(11-13-20)24-19(17-32(30-24)21-6-2-1-3-7-21)16-31-25(33)27(29-26(31)34)14-15-35-23-9-5-4-8-22(23)27/h1-13,17H,14-16H2,(H,29,34). The van der Waals surface area contributed by atoms with Crippen LogP contribution in [0, 0.1) is 0 Å². The van der Waals surface area contributed by atoms with Gasteiger partial charge in [0.2, 0.25) is 0 Å². The number of hydrogen-bond donors (Lipinski definition) is 1. The number of carbonyl (C=O) groups is 2. The third-order valence-corrected chi connectivity index (χ3v) is 6.77. The van der Waals surface area contributed by atoms with E-state index in [0.717, 1.165) is 16.8 Å². The van der Waals surface area contributed by atoms with Gasteiger partial charge in [0.25, 0.3) is 5.91 Å². The van der Waals surface area contributed by atoms with E-state index in [1.807, 2.05) is 72.9 Å². The minimum Gasteiger partial charge on any atom is -0.493 e. The summed E-state index contributed by atoms with van der Waals surface area (Å²) in [7, 11) is 0. The van der Waals surface area contributed by atoms with Crippen molar-refractivity contribution in [2.45, 2.75) is 18.5 Å². The number of nitrogens with one attached hydrogen (secondary N) is 1. The molecule has 4 aromatic rings. The predicted octanol–water partition coefficient (Wildman–Crippen LogP) is 4.92. The summed E-state index contributed by atoms with van der Waals surface area (Å²) < 4.78 is 7.50. The van der Waals surface area contributed by atoms with E-state index in [1.165, 1.54) is 4.90 Å². The average molecular weight is 485 g/mol. The van der Waals surface area contributed by atoms with Crippen molar-refractivity contribution in [3.63, 3.8) is 0 Å². The Kier molecular flexibility index (Phi) is 5.07. The number of aromatic nitrogens is 2. The number of benzene rings is 3. The highest BCUT2D eigenvalue weighted by Crippen LogP contribution is 2.41. The lowest BCUT2D eigenvalue weighted by Gasteiger charge is -2.33. The van der Waals surface area contributed by atoms with Gasteiger partial charge in [0.05, 0.1) is 24.5 Å². The average Bonchev–Trinajstić information content (AvgIpc) is 3.41. The molecule has 1 saturated heterocycles. The minimum atomic E-state index is -1.12. The molecule has 35 heavy (non-hydrogen) atoms. The predicted molar refractivity (Wildman–Crippen MR) is 131 cm³/mol. The van der Waals surface area contributed by atoms with Gasteiger partial charge in [-0.1, -0.05) is 60.1 Å². The zero-order valence-corrected chi connectivity index (χ0v) is 19.4. The SMILES string of the molecule is O=C1NC2(CCOc3ccccc32)C(=O)N1Cc1cn(-c2ccccc2)nc1-c1ccc(Cl)cc1. The molecule has 3 amide bonds. The first-order chi connectivity index (χ1) is 17.0. The molecule has 174 valence electrons. The molecule has 1 N–H and O–H groups in total. The first-order valence-corrected chi connectivity index (χ1v) is 11.7. The number of hydrogen-bond acceptors (Lipinski definition) is 4. The summed E-state index contributed by atoms with van der Waals surface area (Å²) in [5.74, 6) is 0.334. The second-order valence-corrected chi connectivity index (χ2v) is 9.05. The lowest BCUT2D eigenvalue weighted by Crippen LogP contribution is -2.47. The van der Waals surface area contributed by atoms with Gasteiger partial charge < -0.3 is 10.1 Å². The zero-order chi connectivity index (χ0) is 24.0. The Bertz CT molecular complexity index is 1430. The van der Waals surface area contributed by atoms with Crippen molar-refractivity contribution in [3.05, 3.63) is 101 Å². The van der Waals surface area contributed by atoms with Crippen LogP contribution in [0.15, 0.2) is 85.1 Å². The maximum absolute atomic E-state index is 13.8. The molecule has 7 nitrogen and oxygen atoms in total. The fourth-order valence-corrected chi connectivity index (χ4v) is 4.90. The summed E-state index contributed by atoms with van der Waals surface area (Å²) in [4.78, 5) is 28.2. The number of ether oxygens (including phenoxy) is 1. The third kappa shape index (κ3) is 3.56. The van der Waals surface area contributed by atoms with Crippen molar-refractivity contribution in [2.24, 2.45) is 0 Å². The molecule has 3 heterocycles. The van der Waals surface area contributed by atoms with E-state index in [2.05, 4.69) is 5.32 Å². The Morgan fingerprint density at radius 2 is 1.71 bits per heavy atom. The summed E-state index contributed by atoms with van der Waals surface area (Å²) >= 11 is 6.10. The van der Waals surface area contributed by atoms with Gasteiger partial charge in [-0.05, 0) is 30.3 Å². The van der Waals surface area contributed by atoms with Gasteiger partial charge in [0, 0.05) is 34.3 Å². The van der Waals surface area contributed by atoms with Crippen LogP contribution in [0.4, 0.5) is 4.79 Å². The van der Waals surface area contributed by atoms with Crippen molar-refractivity contribution in [1.29, 1.82) is 0 Å². The largest absolute Gasteiger partial charge is 0.493 e. The zero-order valence-electron chi connectivity index (χ0n) is 18.6. The smallest absolute Gasteiger partial charge is 0.325 e. The Balaban J connectivity index is 1.40. The normalized spacial score (nSPS) is 18.9. The summed E-state index contributed by atoms with van der Waals surface area (Å²) in [5.41, 5.74) is 2.71. The Morgan fingerprint density at radius 1 is 0.971 bits per heavy atom. The number of carbonyl (C=O) groups excluding carboxylic acids is 2. The molecule has 1 aromatic heterocycles. The molecule has 1 unspecified atom stereocenters. The van der Waals surface area contributed by atoms with Crippen LogP contribution < -0.4 is 10.1 Å². The molecular weight excluding hydrogens is 464 g/mol. The molecule has 0 radical (unpaired) electrons. The van der Waals surface area contributed by atoms with Crippen LogP contribution in [0.1, 0.15) is 17.5 Å². The van der Waals surface area contributed by atoms with Crippen LogP contribution in [-0.2, 0) is 16.9 Å². The fraction of sp³-hybridized carbons (Fsp3) is 0.148. The molecule has 3 aromatic carbocycles. The summed E-state index contributed by atoms with van der Waals surface area (Å²) in [6.45, 7) is 0.430. The van der Waals surface area contributed by atoms with Gasteiger partial charge in [0.15, 0.2) is 5.54 Å². The maximum Gasteiger partial charge on any atom is 0.325 e. The van der Waals surface area contributed by atoms with Crippen molar-refractivity contribution in [2.75, 3.05) is 6.61 Å². The van der Waals surface area contributed by atoms with Gasteiger partial charge in [0.1, 0.15) is 5.75 Å². The summed E-state index contributed by atoms with van der Waals surface area (Å²) in [6.07, 6.45) is 2.24. The molecule has 0 aliphatic carbocycles. The van der Waals surface area contributed by atoms with Crippen molar-refractivity contribution < 1.29 is 14.3 Å². The molecule has 2 aliphatic heterocycles. The molecule has 8 heteroatoms. The van der Waals surface area contributed by atoms with Gasteiger partial charge in [-0.2, -0.15) is 5.10 Å². The molecule has 0 bridgehead atoms. The summed E-state index contributed by atoms with van der Waals surface area (Å²) in [5, 5.41) is 8.38. The quantitative estimate of drug-likeness (QED) is 0.417. The molecule has 2 aliphatic rings. The Labute approximate surface area is 206 Å². The first-order valence-electron chi connectivity index (χ1n) is 11.3. The Morgan fingerprint density at radius 3 is 2.51 bits per heavy atom. The molecule has 1 fully saturated rings. The van der Waals surface area contributed by atoms with E-state index in [1.54, 1.807) is 16.8 Å². The number of nitrogens with zero attached hydrogens (tertiary/aromatic N) is 3. The van der Waals surface area contributed by atoms with E-state index >= 15 is 0 Å².